The van der Waals surface area contributed by atoms with Crippen molar-refractivity contribution >= 4 is 11.6 Å². The minimum atomic E-state index is -0.477. The van der Waals surface area contributed by atoms with Gasteiger partial charge in [0.2, 0.25) is 0 Å². The van der Waals surface area contributed by atoms with Gasteiger partial charge in [-0.2, -0.15) is 0 Å². The van der Waals surface area contributed by atoms with Crippen LogP contribution < -0.4 is 10.1 Å². The van der Waals surface area contributed by atoms with Crippen LogP contribution >= 0.6 is 0 Å². The zero-order chi connectivity index (χ0) is 20.6. The highest BCUT2D eigenvalue weighted by Gasteiger charge is 2.16. The summed E-state index contributed by atoms with van der Waals surface area (Å²) in [7, 11) is 0. The van der Waals surface area contributed by atoms with E-state index in [0.717, 1.165) is 31.1 Å². The maximum Gasteiger partial charge on any atom is 0.269 e. The molecule has 0 radical (unpaired) electrons. The van der Waals surface area contributed by atoms with Crippen LogP contribution in [0.5, 0.6) is 5.75 Å². The number of non-ortho nitro benzene ring substituents is 1. The molecule has 0 aromatic heterocycles. The zero-order valence-corrected chi connectivity index (χ0v) is 16.7. The first-order valence-corrected chi connectivity index (χ1v) is 9.94. The van der Waals surface area contributed by atoms with Gasteiger partial charge in [0.15, 0.2) is 6.61 Å². The number of piperidine rings is 1. The molecular weight excluding hydrogens is 370 g/mol. The van der Waals surface area contributed by atoms with Gasteiger partial charge in [-0.3, -0.25) is 19.8 Å². The lowest BCUT2D eigenvalue weighted by molar-refractivity contribution is -0.384. The number of amides is 1. The Bertz CT molecular complexity index is 821. The molecule has 1 aliphatic heterocycles. The molecule has 1 amide bonds. The first-order chi connectivity index (χ1) is 14.0. The summed E-state index contributed by atoms with van der Waals surface area (Å²) < 4.78 is 5.36. The summed E-state index contributed by atoms with van der Waals surface area (Å²) in [6, 6.07) is 14.0. The number of benzene rings is 2. The number of hydrogen-bond acceptors (Lipinski definition) is 5. The van der Waals surface area contributed by atoms with Crippen LogP contribution in [0, 0.1) is 16.0 Å². The van der Waals surface area contributed by atoms with E-state index in [-0.39, 0.29) is 18.2 Å². The van der Waals surface area contributed by atoms with Crippen LogP contribution in [0.1, 0.15) is 30.9 Å². The predicted octanol–water partition coefficient (Wildman–Crippen LogP) is 3.52. The van der Waals surface area contributed by atoms with Crippen LogP contribution in [-0.2, 0) is 17.9 Å². The molecule has 7 nitrogen and oxygen atoms in total. The molecule has 1 fully saturated rings. The third-order valence-corrected chi connectivity index (χ3v) is 5.08. The number of nitro benzene ring substituents is 1. The Morgan fingerprint density at radius 3 is 2.52 bits per heavy atom. The van der Waals surface area contributed by atoms with Crippen LogP contribution in [-0.4, -0.2) is 35.4 Å². The number of carbonyl (C=O) groups excluding carboxylic acids is 1. The molecule has 2 aromatic rings. The standard InChI is InChI=1S/C22H27N3O4/c1-17-3-2-12-24(14-17)15-19-6-4-18(5-7-19)13-23-22(26)16-29-21-10-8-20(9-11-21)25(27)28/h4-11,17H,2-3,12-16H2,1H3,(H,23,26). The minimum Gasteiger partial charge on any atom is -0.484 e. The summed E-state index contributed by atoms with van der Waals surface area (Å²) in [4.78, 5) is 24.6. The summed E-state index contributed by atoms with van der Waals surface area (Å²) in [5.41, 5.74) is 2.31. The molecular formula is C22H27N3O4. The monoisotopic (exact) mass is 397 g/mol. The van der Waals surface area contributed by atoms with E-state index in [0.29, 0.717) is 12.3 Å². The Kier molecular flexibility index (Phi) is 7.19. The van der Waals surface area contributed by atoms with Crippen molar-refractivity contribution in [3.8, 4) is 5.75 Å². The average Bonchev–Trinajstić information content (AvgIpc) is 2.72. The van der Waals surface area contributed by atoms with Crippen molar-refractivity contribution in [2.75, 3.05) is 19.7 Å². The molecule has 1 unspecified atom stereocenters. The smallest absolute Gasteiger partial charge is 0.269 e. The van der Waals surface area contributed by atoms with Gasteiger partial charge < -0.3 is 10.1 Å². The Hall–Kier alpha value is -2.93. The Labute approximate surface area is 170 Å². The normalized spacial score (nSPS) is 16.9. The number of likely N-dealkylation sites (tertiary alicyclic amines) is 1. The topological polar surface area (TPSA) is 84.7 Å². The number of hydrogen-bond donors (Lipinski definition) is 1. The number of nitro groups is 1. The van der Waals surface area contributed by atoms with Gasteiger partial charge in [0.25, 0.3) is 11.6 Å². The Morgan fingerprint density at radius 1 is 1.17 bits per heavy atom. The SMILES string of the molecule is CC1CCCN(Cc2ccc(CNC(=O)COc3ccc([N+](=O)[O-])cc3)cc2)C1. The highest BCUT2D eigenvalue weighted by Crippen LogP contribution is 2.18. The van der Waals surface area contributed by atoms with Crippen molar-refractivity contribution in [2.45, 2.75) is 32.9 Å². The van der Waals surface area contributed by atoms with E-state index >= 15 is 0 Å². The molecule has 0 saturated carbocycles. The molecule has 0 spiro atoms. The maximum absolute atomic E-state index is 12.0. The van der Waals surface area contributed by atoms with E-state index in [2.05, 4.69) is 29.3 Å². The molecule has 1 N–H and O–H groups in total. The highest BCUT2D eigenvalue weighted by atomic mass is 16.6. The van der Waals surface area contributed by atoms with E-state index in [1.807, 2.05) is 12.1 Å². The Morgan fingerprint density at radius 2 is 1.86 bits per heavy atom. The molecule has 1 saturated heterocycles. The van der Waals surface area contributed by atoms with E-state index in [4.69, 9.17) is 4.74 Å². The number of ether oxygens (including phenoxy) is 1. The van der Waals surface area contributed by atoms with Gasteiger partial charge in [0.1, 0.15) is 5.75 Å². The third-order valence-electron chi connectivity index (χ3n) is 5.08. The van der Waals surface area contributed by atoms with Gasteiger partial charge >= 0.3 is 0 Å². The molecule has 154 valence electrons. The van der Waals surface area contributed by atoms with Gasteiger partial charge in [0.05, 0.1) is 4.92 Å². The largest absolute Gasteiger partial charge is 0.484 e. The van der Waals surface area contributed by atoms with Crippen molar-refractivity contribution in [3.05, 3.63) is 69.8 Å². The van der Waals surface area contributed by atoms with Crippen LogP contribution in [0.25, 0.3) is 0 Å². The van der Waals surface area contributed by atoms with Crippen LogP contribution in [0.2, 0.25) is 0 Å². The third kappa shape index (κ3) is 6.57. The summed E-state index contributed by atoms with van der Waals surface area (Å²) in [6.07, 6.45) is 2.59. The van der Waals surface area contributed by atoms with E-state index in [1.54, 1.807) is 0 Å². The van der Waals surface area contributed by atoms with Crippen molar-refractivity contribution in [3.63, 3.8) is 0 Å². The lowest BCUT2D eigenvalue weighted by Crippen LogP contribution is -2.33. The van der Waals surface area contributed by atoms with Gasteiger partial charge in [-0.15, -0.1) is 0 Å². The van der Waals surface area contributed by atoms with Crippen molar-refractivity contribution in [1.82, 2.24) is 10.2 Å². The lowest BCUT2D eigenvalue weighted by Gasteiger charge is -2.30. The van der Waals surface area contributed by atoms with Crippen molar-refractivity contribution in [1.29, 1.82) is 0 Å². The van der Waals surface area contributed by atoms with E-state index in [9.17, 15) is 14.9 Å². The van der Waals surface area contributed by atoms with Gasteiger partial charge in [0, 0.05) is 31.8 Å². The molecule has 0 aliphatic carbocycles. The molecule has 1 aliphatic rings. The lowest BCUT2D eigenvalue weighted by atomic mass is 9.99. The Balaban J connectivity index is 1.40. The average molecular weight is 397 g/mol. The fraction of sp³-hybridized carbons (Fsp3) is 0.409. The van der Waals surface area contributed by atoms with E-state index in [1.165, 1.54) is 42.7 Å². The molecule has 2 aromatic carbocycles. The predicted molar refractivity (Wildman–Crippen MR) is 111 cm³/mol. The first-order valence-electron chi connectivity index (χ1n) is 9.94. The fourth-order valence-electron chi connectivity index (χ4n) is 3.52. The number of nitrogens with zero attached hydrogens (tertiary/aromatic N) is 2. The van der Waals surface area contributed by atoms with Crippen LogP contribution in [0.4, 0.5) is 5.69 Å². The molecule has 3 rings (SSSR count). The molecule has 29 heavy (non-hydrogen) atoms. The number of rotatable bonds is 8. The summed E-state index contributed by atoms with van der Waals surface area (Å²) in [5.74, 6) is 0.948. The zero-order valence-electron chi connectivity index (χ0n) is 16.7. The van der Waals surface area contributed by atoms with Crippen LogP contribution in [0.3, 0.4) is 0 Å². The van der Waals surface area contributed by atoms with Gasteiger partial charge in [-0.05, 0) is 48.6 Å². The second-order valence-corrected chi connectivity index (χ2v) is 7.62. The molecule has 0 bridgehead atoms. The van der Waals surface area contributed by atoms with Gasteiger partial charge in [-0.25, -0.2) is 0 Å². The van der Waals surface area contributed by atoms with Crippen molar-refractivity contribution < 1.29 is 14.5 Å². The second kappa shape index (κ2) is 10.0. The van der Waals surface area contributed by atoms with E-state index < -0.39 is 4.92 Å². The van der Waals surface area contributed by atoms with Crippen molar-refractivity contribution in [2.24, 2.45) is 5.92 Å². The quantitative estimate of drug-likeness (QED) is 0.544. The summed E-state index contributed by atoms with van der Waals surface area (Å²) in [6.45, 7) is 5.90. The van der Waals surface area contributed by atoms with Crippen LogP contribution in [0.15, 0.2) is 48.5 Å². The molecule has 1 atom stereocenters. The molecule has 1 heterocycles. The summed E-state index contributed by atoms with van der Waals surface area (Å²) in [5, 5.41) is 13.5. The summed E-state index contributed by atoms with van der Waals surface area (Å²) >= 11 is 0. The second-order valence-electron chi connectivity index (χ2n) is 7.62. The first kappa shape index (κ1) is 20.8. The maximum atomic E-state index is 12.0. The number of nitrogens with one attached hydrogen (secondary N) is 1. The van der Waals surface area contributed by atoms with Gasteiger partial charge in [-0.1, -0.05) is 31.2 Å². The minimum absolute atomic E-state index is 0.0138. The molecule has 7 heteroatoms. The number of carbonyl (C=O) groups is 1. The fourth-order valence-corrected chi connectivity index (χ4v) is 3.52. The highest BCUT2D eigenvalue weighted by molar-refractivity contribution is 5.77.